The Morgan fingerprint density at radius 2 is 1.52 bits per heavy atom. The van der Waals surface area contributed by atoms with E-state index in [2.05, 4.69) is 115 Å². The van der Waals surface area contributed by atoms with Crippen LogP contribution in [0.5, 0.6) is 5.75 Å². The van der Waals surface area contributed by atoms with Crippen LogP contribution in [0.1, 0.15) is 52.0 Å². The van der Waals surface area contributed by atoms with Gasteiger partial charge >= 0.3 is 0 Å². The molecule has 6 nitrogen and oxygen atoms in total. The summed E-state index contributed by atoms with van der Waals surface area (Å²) in [6.07, 6.45) is 6.43. The van der Waals surface area contributed by atoms with E-state index in [4.69, 9.17) is 4.74 Å². The average molecular weight is 680 g/mol. The van der Waals surface area contributed by atoms with Crippen molar-refractivity contribution in [2.24, 2.45) is 5.92 Å². The number of allylic oxidation sites excluding steroid dienone is 2. The number of ether oxygens (including phenoxy) is 1. The zero-order valence-corrected chi connectivity index (χ0v) is 29.6. The molecular weight excluding hydrogens is 637 g/mol. The summed E-state index contributed by atoms with van der Waals surface area (Å²) in [5.41, 5.74) is 7.75. The number of hydrogen-bond acceptors (Lipinski definition) is 5. The molecular formula is C40H43N2O4S2+. The number of nitrogens with zero attached hydrogens (tertiary/aromatic N) is 2. The third-order valence-electron chi connectivity index (χ3n) is 8.90. The van der Waals surface area contributed by atoms with Gasteiger partial charge in [-0.25, -0.2) is 0 Å². The number of hydrogen-bond donors (Lipinski definition) is 1. The molecule has 5 aromatic rings. The molecule has 0 aliphatic carbocycles. The highest BCUT2D eigenvalue weighted by molar-refractivity contribution is 7.86. The third kappa shape index (κ3) is 7.57. The first kappa shape index (κ1) is 33.7. The summed E-state index contributed by atoms with van der Waals surface area (Å²) < 4.78 is 43.4. The zero-order chi connectivity index (χ0) is 33.8. The van der Waals surface area contributed by atoms with Crippen molar-refractivity contribution >= 4 is 43.4 Å². The molecule has 0 fully saturated rings. The summed E-state index contributed by atoms with van der Waals surface area (Å²) in [6.45, 7) is 9.47. The summed E-state index contributed by atoms with van der Waals surface area (Å²) in [6, 6.07) is 33.5. The van der Waals surface area contributed by atoms with E-state index in [1.165, 1.54) is 5.56 Å². The van der Waals surface area contributed by atoms with Crippen LogP contribution >= 0.6 is 11.3 Å². The highest BCUT2D eigenvalue weighted by atomic mass is 32.2. The standard InChI is InChI=1S/C40H42N2O4S2/c1-5-30(24-39-41(22-20-28(2)3)35-26-33(16-18-37(35)46-39)31-12-8-6-9-13-31)25-40-42(23-21-29(4)48(43,44)45)36-27-34(17-19-38(36)47-40)32-14-10-7-11-15-32/h6-19,24-29H,5,20-23H2,1-4H3/p+1. The van der Waals surface area contributed by atoms with Gasteiger partial charge in [-0.3, -0.25) is 4.55 Å². The molecule has 1 aliphatic rings. The molecule has 2 heterocycles. The molecule has 1 N–H and O–H groups in total. The number of fused-ring (bicyclic) bond motifs is 2. The van der Waals surface area contributed by atoms with E-state index in [-0.39, 0.29) is 0 Å². The Morgan fingerprint density at radius 3 is 2.15 bits per heavy atom. The van der Waals surface area contributed by atoms with Gasteiger partial charge in [-0.15, -0.1) is 0 Å². The number of aryl methyl sites for hydroxylation is 1. The molecule has 0 bridgehead atoms. The Bertz CT molecular complexity index is 2070. The molecule has 48 heavy (non-hydrogen) atoms. The fraction of sp³-hybridized carbons (Fsp3) is 0.275. The average Bonchev–Trinajstić information content (AvgIpc) is 3.61. The maximum atomic E-state index is 11.9. The molecule has 8 heteroatoms. The molecule has 0 saturated carbocycles. The fourth-order valence-corrected chi connectivity index (χ4v) is 7.46. The number of rotatable bonds is 12. The normalized spacial score (nSPS) is 14.9. The highest BCUT2D eigenvalue weighted by Gasteiger charge is 2.28. The lowest BCUT2D eigenvalue weighted by molar-refractivity contribution is -0.669. The molecule has 248 valence electrons. The predicted molar refractivity (Wildman–Crippen MR) is 199 cm³/mol. The van der Waals surface area contributed by atoms with Crippen LogP contribution in [0.3, 0.4) is 0 Å². The fourth-order valence-electron chi connectivity index (χ4n) is 5.91. The van der Waals surface area contributed by atoms with E-state index in [9.17, 15) is 13.0 Å². The van der Waals surface area contributed by atoms with Crippen molar-refractivity contribution in [2.45, 2.75) is 58.8 Å². The number of benzene rings is 4. The molecule has 4 aromatic carbocycles. The van der Waals surface area contributed by atoms with E-state index >= 15 is 0 Å². The molecule has 0 spiro atoms. The van der Waals surface area contributed by atoms with Crippen molar-refractivity contribution in [2.75, 3.05) is 11.4 Å². The first-order valence-electron chi connectivity index (χ1n) is 16.7. The Labute approximate surface area is 288 Å². The number of aromatic nitrogens is 1. The lowest BCUT2D eigenvalue weighted by atomic mass is 10.0. The van der Waals surface area contributed by atoms with Gasteiger partial charge in [0.25, 0.3) is 15.1 Å². The number of anilines is 1. The lowest BCUT2D eigenvalue weighted by Gasteiger charge is -2.20. The highest BCUT2D eigenvalue weighted by Crippen LogP contribution is 2.42. The first-order valence-corrected chi connectivity index (χ1v) is 19.0. The van der Waals surface area contributed by atoms with Gasteiger partial charge in [0.15, 0.2) is 12.3 Å². The van der Waals surface area contributed by atoms with Gasteiger partial charge in [0.2, 0.25) is 11.4 Å². The van der Waals surface area contributed by atoms with E-state index in [0.29, 0.717) is 18.9 Å². The van der Waals surface area contributed by atoms with Crippen LogP contribution in [0, 0.1) is 5.92 Å². The Kier molecular flexibility index (Phi) is 10.2. The minimum absolute atomic E-state index is 0.291. The van der Waals surface area contributed by atoms with Gasteiger partial charge in [0, 0.05) is 31.2 Å². The summed E-state index contributed by atoms with van der Waals surface area (Å²) in [5.74, 6) is 2.20. The largest absolute Gasteiger partial charge is 0.439 e. The van der Waals surface area contributed by atoms with Gasteiger partial charge in [-0.05, 0) is 71.7 Å². The Balaban J connectivity index is 1.40. The van der Waals surface area contributed by atoms with Crippen molar-refractivity contribution in [3.8, 4) is 28.0 Å². The second-order valence-electron chi connectivity index (χ2n) is 12.8. The number of thiazole rings is 1. The van der Waals surface area contributed by atoms with Crippen LogP contribution in [-0.4, -0.2) is 24.8 Å². The molecule has 1 unspecified atom stereocenters. The zero-order valence-electron chi connectivity index (χ0n) is 28.0. The van der Waals surface area contributed by atoms with Gasteiger partial charge in [-0.2, -0.15) is 13.0 Å². The molecule has 1 aromatic heterocycles. The van der Waals surface area contributed by atoms with Crippen LogP contribution < -0.4 is 14.2 Å². The second-order valence-corrected chi connectivity index (χ2v) is 15.7. The molecule has 0 saturated heterocycles. The van der Waals surface area contributed by atoms with Crippen molar-refractivity contribution < 1.29 is 22.3 Å². The van der Waals surface area contributed by atoms with Crippen LogP contribution in [0.4, 0.5) is 5.69 Å². The third-order valence-corrected chi connectivity index (χ3v) is 11.3. The Hall–Kier alpha value is -4.24. The van der Waals surface area contributed by atoms with Gasteiger partial charge in [0.1, 0.15) is 4.70 Å². The smallest absolute Gasteiger partial charge is 0.267 e. The Morgan fingerprint density at radius 1 is 0.875 bits per heavy atom. The van der Waals surface area contributed by atoms with E-state index in [1.807, 2.05) is 24.3 Å². The van der Waals surface area contributed by atoms with Gasteiger partial charge in [0.05, 0.1) is 10.9 Å². The van der Waals surface area contributed by atoms with Crippen LogP contribution in [-0.2, 0) is 16.7 Å². The maximum Gasteiger partial charge on any atom is 0.267 e. The lowest BCUT2D eigenvalue weighted by Crippen LogP contribution is -2.37. The topological polar surface area (TPSA) is 70.7 Å². The monoisotopic (exact) mass is 679 g/mol. The SMILES string of the molecule is CCC(/C=C1\Oc2ccc(-c3ccccc3)cc2N1CCC(C)C)=C\c1sc2ccc(-c3ccccc3)cc2[n+]1CCC(C)S(=O)(=O)O. The van der Waals surface area contributed by atoms with Gasteiger partial charge in [-0.1, -0.05) is 105 Å². The minimum atomic E-state index is -4.14. The summed E-state index contributed by atoms with van der Waals surface area (Å²) in [7, 11) is -4.14. The molecule has 0 amide bonds. The quantitative estimate of drug-likeness (QED) is 0.105. The van der Waals surface area contributed by atoms with Crippen molar-refractivity contribution in [3.63, 3.8) is 0 Å². The summed E-state index contributed by atoms with van der Waals surface area (Å²) >= 11 is 1.68. The summed E-state index contributed by atoms with van der Waals surface area (Å²) in [5, 5.41) is 0.143. The van der Waals surface area contributed by atoms with E-state index in [0.717, 1.165) is 74.2 Å². The van der Waals surface area contributed by atoms with Crippen LogP contribution in [0.15, 0.2) is 115 Å². The molecule has 1 aliphatic heterocycles. The van der Waals surface area contributed by atoms with Crippen molar-refractivity contribution in [1.82, 2.24) is 0 Å². The molecule has 0 radical (unpaired) electrons. The molecule has 6 rings (SSSR count). The predicted octanol–water partition coefficient (Wildman–Crippen LogP) is 9.77. The van der Waals surface area contributed by atoms with Crippen LogP contribution in [0.25, 0.3) is 38.5 Å². The minimum Gasteiger partial charge on any atom is -0.439 e. The second kappa shape index (κ2) is 14.5. The summed E-state index contributed by atoms with van der Waals surface area (Å²) in [4.78, 5) is 2.30. The first-order chi connectivity index (χ1) is 23.1. The maximum absolute atomic E-state index is 11.9. The van der Waals surface area contributed by atoms with Crippen molar-refractivity contribution in [1.29, 1.82) is 0 Å². The van der Waals surface area contributed by atoms with Crippen molar-refractivity contribution in [3.05, 3.63) is 120 Å². The van der Waals surface area contributed by atoms with Gasteiger partial charge < -0.3 is 9.64 Å². The van der Waals surface area contributed by atoms with E-state index < -0.39 is 15.4 Å². The van der Waals surface area contributed by atoms with Crippen LogP contribution in [0.2, 0.25) is 0 Å². The molecule has 1 atom stereocenters. The van der Waals surface area contributed by atoms with E-state index in [1.54, 1.807) is 18.3 Å².